The van der Waals surface area contributed by atoms with Crippen LogP contribution in [-0.2, 0) is 14.8 Å². The van der Waals surface area contributed by atoms with Crippen molar-refractivity contribution >= 4 is 15.9 Å². The molecule has 1 rings (SSSR count). The summed E-state index contributed by atoms with van der Waals surface area (Å²) in [6, 6.07) is 0. The predicted molar refractivity (Wildman–Crippen MR) is 84.6 cm³/mol. The number of hydrogen-bond donors (Lipinski definition) is 1. The number of likely N-dealkylation sites (N-methyl/N-ethyl adjacent to an activating group) is 1. The van der Waals surface area contributed by atoms with E-state index in [9.17, 15) is 13.2 Å². The van der Waals surface area contributed by atoms with Crippen molar-refractivity contribution in [3.8, 4) is 0 Å². The van der Waals surface area contributed by atoms with Crippen LogP contribution in [0.3, 0.4) is 0 Å². The van der Waals surface area contributed by atoms with Crippen molar-refractivity contribution in [1.82, 2.24) is 14.5 Å². The number of carbonyl (C=O) groups excluding carboxylic acids is 1. The minimum Gasteiger partial charge on any atom is -0.355 e. The molecule has 1 fully saturated rings. The van der Waals surface area contributed by atoms with Gasteiger partial charge in [-0.2, -0.15) is 0 Å². The first kappa shape index (κ1) is 18.4. The van der Waals surface area contributed by atoms with Gasteiger partial charge in [0, 0.05) is 32.1 Å². The normalized spacial score (nSPS) is 18.1. The number of sulfonamides is 1. The van der Waals surface area contributed by atoms with Crippen LogP contribution in [0.5, 0.6) is 0 Å². The summed E-state index contributed by atoms with van der Waals surface area (Å²) < 4.78 is 25.7. The Labute approximate surface area is 128 Å². The summed E-state index contributed by atoms with van der Waals surface area (Å²) in [5.41, 5.74) is 0. The molecule has 0 aromatic heterocycles. The van der Waals surface area contributed by atoms with E-state index in [0.717, 1.165) is 13.0 Å². The second-order valence-corrected chi connectivity index (χ2v) is 8.03. The molecule has 0 atom stereocenters. The minimum absolute atomic E-state index is 0.0511. The lowest BCUT2D eigenvalue weighted by atomic mass is 9.97. The zero-order valence-corrected chi connectivity index (χ0v) is 14.3. The molecule has 0 spiro atoms. The van der Waals surface area contributed by atoms with Gasteiger partial charge in [-0.15, -0.1) is 0 Å². The average Bonchev–Trinajstić information content (AvgIpc) is 2.45. The smallest absolute Gasteiger partial charge is 0.223 e. The lowest BCUT2D eigenvalue weighted by molar-refractivity contribution is -0.126. The van der Waals surface area contributed by atoms with E-state index in [0.29, 0.717) is 38.9 Å². The van der Waals surface area contributed by atoms with Gasteiger partial charge in [0.2, 0.25) is 15.9 Å². The Morgan fingerprint density at radius 2 is 1.90 bits per heavy atom. The topological polar surface area (TPSA) is 69.7 Å². The first-order valence-electron chi connectivity index (χ1n) is 7.77. The minimum atomic E-state index is -3.13. The number of piperidine rings is 1. The van der Waals surface area contributed by atoms with Crippen LogP contribution in [0.15, 0.2) is 0 Å². The summed E-state index contributed by atoms with van der Waals surface area (Å²) >= 11 is 0. The molecule has 1 heterocycles. The number of nitrogens with one attached hydrogen (secondary N) is 1. The molecule has 1 aliphatic heterocycles. The fourth-order valence-corrected chi connectivity index (χ4v) is 4.08. The number of hydrogen-bond acceptors (Lipinski definition) is 4. The van der Waals surface area contributed by atoms with E-state index < -0.39 is 10.0 Å². The van der Waals surface area contributed by atoms with E-state index >= 15 is 0 Å². The summed E-state index contributed by atoms with van der Waals surface area (Å²) in [6.45, 7) is 4.38. The number of rotatable bonds is 8. The van der Waals surface area contributed by atoms with Gasteiger partial charge in [-0.3, -0.25) is 4.79 Å². The molecule has 124 valence electrons. The summed E-state index contributed by atoms with van der Waals surface area (Å²) in [5, 5.41) is 2.92. The zero-order valence-electron chi connectivity index (χ0n) is 13.5. The third kappa shape index (κ3) is 6.32. The highest BCUT2D eigenvalue weighted by molar-refractivity contribution is 7.89. The molecule has 1 N–H and O–H groups in total. The summed E-state index contributed by atoms with van der Waals surface area (Å²) in [6.07, 6.45) is 2.83. The van der Waals surface area contributed by atoms with Crippen molar-refractivity contribution in [1.29, 1.82) is 0 Å². The Hall–Kier alpha value is -0.660. The number of carbonyl (C=O) groups is 1. The van der Waals surface area contributed by atoms with E-state index in [2.05, 4.69) is 5.32 Å². The van der Waals surface area contributed by atoms with Gasteiger partial charge in [0.25, 0.3) is 0 Å². The number of amides is 1. The maximum atomic E-state index is 12.1. The van der Waals surface area contributed by atoms with Gasteiger partial charge in [-0.25, -0.2) is 12.7 Å². The zero-order chi connectivity index (χ0) is 15.9. The predicted octanol–water partition coefficient (Wildman–Crippen LogP) is 0.506. The molecular formula is C14H29N3O3S. The van der Waals surface area contributed by atoms with E-state index in [4.69, 9.17) is 0 Å². The van der Waals surface area contributed by atoms with E-state index in [1.807, 2.05) is 25.9 Å². The third-order valence-corrected chi connectivity index (χ3v) is 5.79. The molecule has 21 heavy (non-hydrogen) atoms. The number of unbranched alkanes of at least 4 members (excludes halogenated alkanes) is 1. The maximum Gasteiger partial charge on any atom is 0.223 e. The molecule has 6 nitrogen and oxygen atoms in total. The molecular weight excluding hydrogens is 290 g/mol. The SMILES string of the molecule is CCCCS(=O)(=O)N1CCC(C(=O)NCCN(C)C)CC1. The molecule has 0 aromatic rings. The van der Waals surface area contributed by atoms with Crippen LogP contribution in [0, 0.1) is 5.92 Å². The van der Waals surface area contributed by atoms with Gasteiger partial charge in [0.15, 0.2) is 0 Å². The molecule has 0 saturated carbocycles. The second-order valence-electron chi connectivity index (χ2n) is 5.94. The Morgan fingerprint density at radius 1 is 1.29 bits per heavy atom. The average molecular weight is 319 g/mol. The molecule has 0 radical (unpaired) electrons. The summed E-state index contributed by atoms with van der Waals surface area (Å²) in [4.78, 5) is 14.0. The second kappa shape index (κ2) is 8.70. The van der Waals surface area contributed by atoms with Crippen LogP contribution in [-0.4, -0.2) is 69.6 Å². The van der Waals surface area contributed by atoms with E-state index in [1.54, 1.807) is 4.31 Å². The van der Waals surface area contributed by atoms with Gasteiger partial charge in [0.05, 0.1) is 5.75 Å². The van der Waals surface area contributed by atoms with Gasteiger partial charge < -0.3 is 10.2 Å². The van der Waals surface area contributed by atoms with Crippen LogP contribution in [0.4, 0.5) is 0 Å². The van der Waals surface area contributed by atoms with Crippen molar-refractivity contribution in [3.63, 3.8) is 0 Å². The van der Waals surface area contributed by atoms with Crippen LogP contribution in [0.1, 0.15) is 32.6 Å². The van der Waals surface area contributed by atoms with Crippen molar-refractivity contribution in [2.24, 2.45) is 5.92 Å². The first-order valence-corrected chi connectivity index (χ1v) is 9.38. The monoisotopic (exact) mass is 319 g/mol. The molecule has 0 aliphatic carbocycles. The van der Waals surface area contributed by atoms with Gasteiger partial charge in [-0.05, 0) is 33.4 Å². The standard InChI is InChI=1S/C14H29N3O3S/c1-4-5-12-21(19,20)17-9-6-13(7-10-17)14(18)15-8-11-16(2)3/h13H,4-12H2,1-3H3,(H,15,18). The molecule has 1 aliphatic rings. The molecule has 0 unspecified atom stereocenters. The molecule has 1 saturated heterocycles. The van der Waals surface area contributed by atoms with Crippen LogP contribution >= 0.6 is 0 Å². The molecule has 7 heteroatoms. The van der Waals surface area contributed by atoms with Gasteiger partial charge >= 0.3 is 0 Å². The highest BCUT2D eigenvalue weighted by atomic mass is 32.2. The quantitative estimate of drug-likeness (QED) is 0.707. The Bertz CT molecular complexity index is 415. The fraction of sp³-hybridized carbons (Fsp3) is 0.929. The summed E-state index contributed by atoms with van der Waals surface area (Å²) in [5.74, 6) is 0.232. The molecule has 0 aromatic carbocycles. The van der Waals surface area contributed by atoms with E-state index in [1.165, 1.54) is 0 Å². The maximum absolute atomic E-state index is 12.1. The fourth-order valence-electron chi connectivity index (χ4n) is 2.40. The Balaban J connectivity index is 2.36. The number of nitrogens with zero attached hydrogens (tertiary/aromatic N) is 2. The first-order chi connectivity index (χ1) is 9.86. The van der Waals surface area contributed by atoms with Crippen LogP contribution < -0.4 is 5.32 Å². The molecule has 1 amide bonds. The van der Waals surface area contributed by atoms with Crippen molar-refractivity contribution < 1.29 is 13.2 Å². The largest absolute Gasteiger partial charge is 0.355 e. The van der Waals surface area contributed by atoms with Gasteiger partial charge in [-0.1, -0.05) is 13.3 Å². The van der Waals surface area contributed by atoms with Crippen LogP contribution in [0.2, 0.25) is 0 Å². The molecule has 0 bridgehead atoms. The summed E-state index contributed by atoms with van der Waals surface area (Å²) in [7, 11) is 0.800. The Kier molecular flexibility index (Phi) is 7.62. The third-order valence-electron chi connectivity index (χ3n) is 3.83. The van der Waals surface area contributed by atoms with Crippen molar-refractivity contribution in [2.45, 2.75) is 32.6 Å². The highest BCUT2D eigenvalue weighted by Crippen LogP contribution is 2.20. The van der Waals surface area contributed by atoms with Crippen molar-refractivity contribution in [2.75, 3.05) is 46.0 Å². The van der Waals surface area contributed by atoms with Crippen LogP contribution in [0.25, 0.3) is 0 Å². The lowest BCUT2D eigenvalue weighted by Gasteiger charge is -2.30. The van der Waals surface area contributed by atoms with Crippen molar-refractivity contribution in [3.05, 3.63) is 0 Å². The Morgan fingerprint density at radius 3 is 2.43 bits per heavy atom. The lowest BCUT2D eigenvalue weighted by Crippen LogP contribution is -2.44. The highest BCUT2D eigenvalue weighted by Gasteiger charge is 2.30. The van der Waals surface area contributed by atoms with Gasteiger partial charge in [0.1, 0.15) is 0 Å². The van der Waals surface area contributed by atoms with E-state index in [-0.39, 0.29) is 17.6 Å².